The molecule has 0 unspecified atom stereocenters. The van der Waals surface area contributed by atoms with Crippen LogP contribution in [-0.4, -0.2) is 56.7 Å². The number of hydrogen-bond acceptors (Lipinski definition) is 4. The Hall–Kier alpha value is -1.74. The molecule has 1 aliphatic rings. The van der Waals surface area contributed by atoms with Crippen LogP contribution in [0.4, 0.5) is 5.69 Å². The first-order valence-electron chi connectivity index (χ1n) is 9.80. The van der Waals surface area contributed by atoms with Crippen LogP contribution in [0.1, 0.15) is 19.1 Å². The Morgan fingerprint density at radius 2 is 1.89 bits per heavy atom. The van der Waals surface area contributed by atoms with E-state index in [2.05, 4.69) is 52.4 Å². The van der Waals surface area contributed by atoms with Crippen molar-refractivity contribution in [2.45, 2.75) is 20.0 Å². The fourth-order valence-electron chi connectivity index (χ4n) is 3.16. The number of furan rings is 1. The van der Waals surface area contributed by atoms with E-state index in [4.69, 9.17) is 14.1 Å². The van der Waals surface area contributed by atoms with Gasteiger partial charge < -0.3 is 24.3 Å². The van der Waals surface area contributed by atoms with E-state index < -0.39 is 0 Å². The zero-order valence-corrected chi connectivity index (χ0v) is 18.9. The van der Waals surface area contributed by atoms with Crippen LogP contribution in [0.2, 0.25) is 0 Å². The summed E-state index contributed by atoms with van der Waals surface area (Å²) >= 11 is 0. The summed E-state index contributed by atoms with van der Waals surface area (Å²) in [5.74, 6) is 1.87. The Balaban J connectivity index is 0.00000280. The lowest BCUT2D eigenvalue weighted by molar-refractivity contribution is 0.105. The predicted octanol–water partition coefficient (Wildman–Crippen LogP) is 3.59. The van der Waals surface area contributed by atoms with Gasteiger partial charge in [0.1, 0.15) is 12.4 Å². The van der Waals surface area contributed by atoms with Crippen LogP contribution < -0.4 is 10.2 Å². The number of ether oxygens (including phenoxy) is 1. The number of piperazine rings is 1. The largest absolute Gasteiger partial charge is 0.467 e. The van der Waals surface area contributed by atoms with Crippen LogP contribution in [0.5, 0.6) is 0 Å². The highest BCUT2D eigenvalue weighted by Gasteiger charge is 2.19. The number of nitrogens with zero attached hydrogens (tertiary/aromatic N) is 3. The van der Waals surface area contributed by atoms with Crippen LogP contribution in [-0.2, 0) is 11.3 Å². The highest BCUT2D eigenvalue weighted by atomic mass is 127. The first-order valence-corrected chi connectivity index (χ1v) is 9.80. The minimum absolute atomic E-state index is 0. The summed E-state index contributed by atoms with van der Waals surface area (Å²) < 4.78 is 10.9. The second kappa shape index (κ2) is 12.7. The van der Waals surface area contributed by atoms with Gasteiger partial charge in [-0.25, -0.2) is 0 Å². The number of rotatable bonds is 8. The Labute approximate surface area is 185 Å². The molecule has 0 radical (unpaired) electrons. The molecule has 154 valence electrons. The summed E-state index contributed by atoms with van der Waals surface area (Å²) in [5, 5.41) is 3.42. The number of benzene rings is 1. The quantitative estimate of drug-likeness (QED) is 0.261. The van der Waals surface area contributed by atoms with Crippen molar-refractivity contribution in [3.05, 3.63) is 54.5 Å². The summed E-state index contributed by atoms with van der Waals surface area (Å²) in [7, 11) is 0. The first kappa shape index (κ1) is 22.5. The third kappa shape index (κ3) is 7.01. The van der Waals surface area contributed by atoms with Crippen molar-refractivity contribution in [2.75, 3.05) is 50.8 Å². The Morgan fingerprint density at radius 1 is 1.11 bits per heavy atom. The molecule has 1 saturated heterocycles. The molecule has 2 aromatic rings. The van der Waals surface area contributed by atoms with Crippen molar-refractivity contribution < 1.29 is 9.15 Å². The zero-order valence-electron chi connectivity index (χ0n) is 16.5. The topological polar surface area (TPSA) is 53.2 Å². The fraction of sp³-hybridized carbons (Fsp3) is 0.476. The molecular weight excluding hydrogens is 467 g/mol. The van der Waals surface area contributed by atoms with E-state index in [0.717, 1.165) is 57.4 Å². The summed E-state index contributed by atoms with van der Waals surface area (Å²) in [4.78, 5) is 9.57. The van der Waals surface area contributed by atoms with E-state index in [1.54, 1.807) is 6.26 Å². The number of nitrogens with one attached hydrogen (secondary N) is 1. The van der Waals surface area contributed by atoms with Crippen molar-refractivity contribution >= 4 is 35.6 Å². The maximum Gasteiger partial charge on any atom is 0.194 e. The van der Waals surface area contributed by atoms with Crippen LogP contribution in [0.3, 0.4) is 0 Å². The van der Waals surface area contributed by atoms with E-state index in [1.165, 1.54) is 5.69 Å². The lowest BCUT2D eigenvalue weighted by Crippen LogP contribution is -2.52. The predicted molar refractivity (Wildman–Crippen MR) is 125 cm³/mol. The molecule has 0 spiro atoms. The molecule has 1 fully saturated rings. The van der Waals surface area contributed by atoms with Gasteiger partial charge in [-0.1, -0.05) is 18.2 Å². The molecule has 3 rings (SSSR count). The number of hydrogen-bond donors (Lipinski definition) is 1. The molecule has 0 bridgehead atoms. The molecular formula is C21H31IN4O2. The van der Waals surface area contributed by atoms with E-state index in [9.17, 15) is 0 Å². The Kier molecular flexibility index (Phi) is 10.2. The Bertz CT molecular complexity index is 671. The molecule has 1 aromatic carbocycles. The summed E-state index contributed by atoms with van der Waals surface area (Å²) in [6, 6.07) is 14.4. The average Bonchev–Trinajstić information content (AvgIpc) is 3.24. The van der Waals surface area contributed by atoms with Gasteiger partial charge in [0, 0.05) is 51.6 Å². The molecule has 0 saturated carbocycles. The lowest BCUT2D eigenvalue weighted by atomic mass is 10.2. The maximum absolute atomic E-state index is 5.62. The van der Waals surface area contributed by atoms with Gasteiger partial charge in [0.25, 0.3) is 0 Å². The second-order valence-electron chi connectivity index (χ2n) is 6.53. The normalized spacial score (nSPS) is 14.7. The molecule has 7 heteroatoms. The number of aliphatic imine (C=N–C) groups is 1. The van der Waals surface area contributed by atoms with Gasteiger partial charge in [-0.2, -0.15) is 0 Å². The summed E-state index contributed by atoms with van der Waals surface area (Å²) in [6.07, 6.45) is 2.57. The molecule has 1 aliphatic heterocycles. The third-order valence-corrected chi connectivity index (χ3v) is 4.57. The van der Waals surface area contributed by atoms with Gasteiger partial charge in [0.05, 0.1) is 6.26 Å². The number of guanidine groups is 1. The standard InChI is InChI=1S/C21H30N4O2.HI/c1-2-22-21(23-11-7-16-26-18-20-10-6-17-27-20)25-14-12-24(13-15-25)19-8-4-3-5-9-19;/h3-6,8-10,17H,2,7,11-16,18H2,1H3,(H,22,23);1H. The van der Waals surface area contributed by atoms with Crippen molar-refractivity contribution in [2.24, 2.45) is 4.99 Å². The SMILES string of the molecule is CCNC(=NCCCOCc1ccco1)N1CCN(c2ccccc2)CC1.I. The van der Waals surface area contributed by atoms with E-state index in [1.807, 2.05) is 12.1 Å². The van der Waals surface area contributed by atoms with E-state index in [0.29, 0.717) is 13.2 Å². The van der Waals surface area contributed by atoms with Gasteiger partial charge in [-0.05, 0) is 37.6 Å². The van der Waals surface area contributed by atoms with Crippen molar-refractivity contribution in [1.82, 2.24) is 10.2 Å². The summed E-state index contributed by atoms with van der Waals surface area (Å²) in [5.41, 5.74) is 1.30. The smallest absolute Gasteiger partial charge is 0.194 e. The highest BCUT2D eigenvalue weighted by molar-refractivity contribution is 14.0. The Morgan fingerprint density at radius 3 is 2.57 bits per heavy atom. The average molecular weight is 498 g/mol. The minimum Gasteiger partial charge on any atom is -0.467 e. The fourth-order valence-corrected chi connectivity index (χ4v) is 3.16. The third-order valence-electron chi connectivity index (χ3n) is 4.57. The minimum atomic E-state index is 0. The van der Waals surface area contributed by atoms with Gasteiger partial charge in [0.15, 0.2) is 5.96 Å². The molecule has 1 aromatic heterocycles. The number of halogens is 1. The van der Waals surface area contributed by atoms with Gasteiger partial charge >= 0.3 is 0 Å². The lowest BCUT2D eigenvalue weighted by Gasteiger charge is -2.37. The monoisotopic (exact) mass is 498 g/mol. The van der Waals surface area contributed by atoms with Crippen molar-refractivity contribution in [3.63, 3.8) is 0 Å². The van der Waals surface area contributed by atoms with Crippen LogP contribution >= 0.6 is 24.0 Å². The molecule has 0 amide bonds. The van der Waals surface area contributed by atoms with E-state index >= 15 is 0 Å². The number of para-hydroxylation sites is 1. The molecule has 28 heavy (non-hydrogen) atoms. The van der Waals surface area contributed by atoms with Gasteiger partial charge in [-0.15, -0.1) is 24.0 Å². The number of anilines is 1. The summed E-state index contributed by atoms with van der Waals surface area (Å²) in [6.45, 7) is 8.96. The molecule has 0 aliphatic carbocycles. The second-order valence-corrected chi connectivity index (χ2v) is 6.53. The van der Waals surface area contributed by atoms with E-state index in [-0.39, 0.29) is 24.0 Å². The van der Waals surface area contributed by atoms with Gasteiger partial charge in [-0.3, -0.25) is 4.99 Å². The highest BCUT2D eigenvalue weighted by Crippen LogP contribution is 2.15. The van der Waals surface area contributed by atoms with Crippen LogP contribution in [0, 0.1) is 0 Å². The van der Waals surface area contributed by atoms with Crippen molar-refractivity contribution in [3.8, 4) is 0 Å². The van der Waals surface area contributed by atoms with Gasteiger partial charge in [0.2, 0.25) is 0 Å². The zero-order chi connectivity index (χ0) is 18.7. The first-order chi connectivity index (χ1) is 13.4. The van der Waals surface area contributed by atoms with Crippen LogP contribution in [0.25, 0.3) is 0 Å². The maximum atomic E-state index is 5.62. The van der Waals surface area contributed by atoms with Crippen molar-refractivity contribution in [1.29, 1.82) is 0 Å². The van der Waals surface area contributed by atoms with Crippen LogP contribution in [0.15, 0.2) is 58.1 Å². The molecule has 2 heterocycles. The molecule has 6 nitrogen and oxygen atoms in total. The molecule has 0 atom stereocenters. The molecule has 1 N–H and O–H groups in total.